The van der Waals surface area contributed by atoms with Gasteiger partial charge in [0.2, 0.25) is 0 Å². The molecule has 0 amide bonds. The van der Waals surface area contributed by atoms with E-state index in [9.17, 15) is 9.90 Å². The summed E-state index contributed by atoms with van der Waals surface area (Å²) in [5.74, 6) is 0.104. The van der Waals surface area contributed by atoms with Crippen LogP contribution in [0.2, 0.25) is 0 Å². The standard InChI is InChI=1S/C27H20NS.C11H20O2.Ir/c1-16-11-13-21-17(15-16)12-14-22(28-21)18-8-6-9-20-24(18)27(2,3)25-19-7-4-5-10-23(19)29-26(20)25;1-10(2,3)8(12)7-9(13)11(4,5)6;/h4-7,9-15H,1-3H3;7,12H,1-6H3;/q-1;;/b;8-7-;. The van der Waals surface area contributed by atoms with Crippen molar-refractivity contribution in [1.29, 1.82) is 0 Å². The van der Waals surface area contributed by atoms with Crippen LogP contribution in [0, 0.1) is 23.8 Å². The molecule has 3 aromatic carbocycles. The van der Waals surface area contributed by atoms with Gasteiger partial charge in [-0.1, -0.05) is 103 Å². The Balaban J connectivity index is 0.000000260. The van der Waals surface area contributed by atoms with Crippen LogP contribution in [0.4, 0.5) is 0 Å². The number of fused-ring (bicyclic) bond motifs is 6. The molecule has 1 radical (unpaired) electrons. The number of thiophene rings is 1. The first-order valence-electron chi connectivity index (χ1n) is 14.5. The van der Waals surface area contributed by atoms with E-state index in [4.69, 9.17) is 4.98 Å². The van der Waals surface area contributed by atoms with Crippen LogP contribution < -0.4 is 0 Å². The number of nitrogens with zero attached hydrogens (tertiary/aromatic N) is 1. The zero-order chi connectivity index (χ0) is 30.6. The zero-order valence-electron chi connectivity index (χ0n) is 26.5. The fourth-order valence-corrected chi connectivity index (χ4v) is 6.85. The summed E-state index contributed by atoms with van der Waals surface area (Å²) < 4.78 is 1.37. The molecule has 5 aromatic rings. The van der Waals surface area contributed by atoms with E-state index in [-0.39, 0.29) is 42.5 Å². The van der Waals surface area contributed by atoms with Crippen LogP contribution in [0.1, 0.15) is 72.1 Å². The predicted octanol–water partition coefficient (Wildman–Crippen LogP) is 10.6. The second-order valence-electron chi connectivity index (χ2n) is 13.9. The third-order valence-corrected chi connectivity index (χ3v) is 9.17. The second-order valence-corrected chi connectivity index (χ2v) is 14.9. The minimum absolute atomic E-state index is 0. The molecular weight excluding hydrogens is 727 g/mol. The van der Waals surface area contributed by atoms with Crippen molar-refractivity contribution >= 4 is 38.1 Å². The summed E-state index contributed by atoms with van der Waals surface area (Å²) in [5, 5.41) is 12.1. The number of aliphatic hydroxyl groups is 1. The summed E-state index contributed by atoms with van der Waals surface area (Å²) in [7, 11) is 0. The van der Waals surface area contributed by atoms with E-state index in [1.807, 2.05) is 52.9 Å². The predicted molar refractivity (Wildman–Crippen MR) is 178 cm³/mol. The summed E-state index contributed by atoms with van der Waals surface area (Å²) in [6.45, 7) is 17.9. The van der Waals surface area contributed by atoms with Gasteiger partial charge in [0, 0.05) is 46.6 Å². The molecule has 43 heavy (non-hydrogen) atoms. The zero-order valence-corrected chi connectivity index (χ0v) is 29.7. The molecule has 0 bridgehead atoms. The van der Waals surface area contributed by atoms with E-state index in [2.05, 4.69) is 93.6 Å². The number of aromatic nitrogens is 1. The van der Waals surface area contributed by atoms with E-state index < -0.39 is 5.41 Å². The average molecular weight is 767 g/mol. The minimum atomic E-state index is -0.417. The van der Waals surface area contributed by atoms with Crippen LogP contribution in [0.15, 0.2) is 78.6 Å². The number of carbonyl (C=O) groups excluding carboxylic acids is 1. The molecule has 3 nitrogen and oxygen atoms in total. The van der Waals surface area contributed by atoms with Gasteiger partial charge in [0.05, 0.1) is 5.52 Å². The average Bonchev–Trinajstić information content (AvgIpc) is 3.41. The van der Waals surface area contributed by atoms with Crippen LogP contribution >= 0.6 is 11.3 Å². The fraction of sp³-hybridized carbons (Fsp3) is 0.316. The number of aryl methyl sites for hydroxylation is 1. The number of rotatable bonds is 2. The van der Waals surface area contributed by atoms with Gasteiger partial charge in [0.25, 0.3) is 0 Å². The molecule has 2 aromatic heterocycles. The first kappa shape index (κ1) is 32.8. The fourth-order valence-electron chi connectivity index (χ4n) is 5.46. The third-order valence-electron chi connectivity index (χ3n) is 7.96. The summed E-state index contributed by atoms with van der Waals surface area (Å²) in [5.41, 5.74) is 7.73. The Kier molecular flexibility index (Phi) is 8.97. The number of carbonyl (C=O) groups is 1. The quantitative estimate of drug-likeness (QED) is 0.111. The summed E-state index contributed by atoms with van der Waals surface area (Å²) in [4.78, 5) is 17.9. The van der Waals surface area contributed by atoms with Gasteiger partial charge in [-0.2, -0.15) is 0 Å². The van der Waals surface area contributed by atoms with Crippen LogP contribution in [0.25, 0.3) is 42.7 Å². The molecule has 0 unspecified atom stereocenters. The van der Waals surface area contributed by atoms with E-state index >= 15 is 0 Å². The van der Waals surface area contributed by atoms with Crippen molar-refractivity contribution in [1.82, 2.24) is 4.98 Å². The number of aliphatic hydroxyl groups excluding tert-OH is 1. The Morgan fingerprint density at radius 2 is 1.63 bits per heavy atom. The van der Waals surface area contributed by atoms with Crippen molar-refractivity contribution in [2.24, 2.45) is 10.8 Å². The van der Waals surface area contributed by atoms with Crippen molar-refractivity contribution in [3.63, 3.8) is 0 Å². The van der Waals surface area contributed by atoms with Gasteiger partial charge in [-0.05, 0) is 52.6 Å². The second kappa shape index (κ2) is 11.8. The first-order valence-corrected chi connectivity index (χ1v) is 15.3. The van der Waals surface area contributed by atoms with Crippen molar-refractivity contribution in [2.45, 2.75) is 67.7 Å². The normalized spacial score (nSPS) is 14.0. The molecule has 6 rings (SSSR count). The van der Waals surface area contributed by atoms with Gasteiger partial charge in [-0.3, -0.25) is 9.78 Å². The number of allylic oxidation sites excluding steroid dienone is 2. The van der Waals surface area contributed by atoms with Crippen molar-refractivity contribution < 1.29 is 30.0 Å². The van der Waals surface area contributed by atoms with Crippen molar-refractivity contribution in [2.75, 3.05) is 0 Å². The Labute approximate surface area is 273 Å². The summed E-state index contributed by atoms with van der Waals surface area (Å²) in [6.07, 6.45) is 1.33. The van der Waals surface area contributed by atoms with Crippen LogP contribution in [-0.4, -0.2) is 15.9 Å². The molecule has 1 N–H and O–H groups in total. The molecule has 0 saturated heterocycles. The maximum atomic E-state index is 11.5. The molecular formula is C38H40IrNO2S-. The molecule has 5 heteroatoms. The van der Waals surface area contributed by atoms with Crippen LogP contribution in [0.3, 0.4) is 0 Å². The Morgan fingerprint density at radius 1 is 0.930 bits per heavy atom. The molecule has 0 saturated carbocycles. The summed E-state index contributed by atoms with van der Waals surface area (Å²) >= 11 is 1.91. The third kappa shape index (κ3) is 6.27. The largest absolute Gasteiger partial charge is 0.512 e. The molecule has 225 valence electrons. The van der Waals surface area contributed by atoms with E-state index in [1.165, 1.54) is 48.7 Å². The molecule has 0 aliphatic heterocycles. The van der Waals surface area contributed by atoms with Gasteiger partial charge in [-0.15, -0.1) is 40.7 Å². The Hall–Kier alpha value is -3.11. The maximum absolute atomic E-state index is 11.5. The van der Waals surface area contributed by atoms with Gasteiger partial charge in [-0.25, -0.2) is 0 Å². The van der Waals surface area contributed by atoms with E-state index in [0.717, 1.165) is 16.8 Å². The van der Waals surface area contributed by atoms with E-state index in [0.29, 0.717) is 0 Å². The SMILES string of the molecule is CC(C)(C)C(=O)/C=C(\O)C(C)(C)C.Cc1ccc2nc(-c3[c-]ccc4c3C(C)(C)c3c-4sc4ccccc34)ccc2c1.[Ir]. The van der Waals surface area contributed by atoms with Gasteiger partial charge >= 0.3 is 0 Å². The van der Waals surface area contributed by atoms with Crippen molar-refractivity contribution in [3.05, 3.63) is 101 Å². The number of hydrogen-bond acceptors (Lipinski definition) is 4. The Bertz CT molecular complexity index is 1870. The topological polar surface area (TPSA) is 50.2 Å². The van der Waals surface area contributed by atoms with Crippen molar-refractivity contribution in [3.8, 4) is 21.7 Å². The molecule has 2 heterocycles. The number of ketones is 1. The first-order chi connectivity index (χ1) is 19.6. The van der Waals surface area contributed by atoms with Gasteiger partial charge in [0.15, 0.2) is 5.78 Å². The molecule has 1 aliphatic rings. The van der Waals surface area contributed by atoms with Gasteiger partial charge in [0.1, 0.15) is 5.76 Å². The molecule has 0 fully saturated rings. The Morgan fingerprint density at radius 3 is 2.30 bits per heavy atom. The summed E-state index contributed by atoms with van der Waals surface area (Å²) in [6, 6.07) is 27.4. The van der Waals surface area contributed by atoms with E-state index in [1.54, 1.807) is 0 Å². The maximum Gasteiger partial charge on any atom is 0.164 e. The number of pyridine rings is 1. The molecule has 1 aliphatic carbocycles. The number of benzene rings is 3. The van der Waals surface area contributed by atoms with Crippen LogP contribution in [-0.2, 0) is 30.3 Å². The number of hydrogen-bond donors (Lipinski definition) is 1. The van der Waals surface area contributed by atoms with Crippen LogP contribution in [0.5, 0.6) is 0 Å². The minimum Gasteiger partial charge on any atom is -0.512 e. The molecule has 0 atom stereocenters. The smallest absolute Gasteiger partial charge is 0.164 e. The van der Waals surface area contributed by atoms with Gasteiger partial charge < -0.3 is 5.11 Å². The monoisotopic (exact) mass is 767 g/mol. The molecule has 0 spiro atoms.